The van der Waals surface area contributed by atoms with Gasteiger partial charge in [0.25, 0.3) is 0 Å². The van der Waals surface area contributed by atoms with Gasteiger partial charge in [-0.1, -0.05) is 50.2 Å². The van der Waals surface area contributed by atoms with Crippen LogP contribution in [0.5, 0.6) is 5.75 Å². The van der Waals surface area contributed by atoms with Crippen molar-refractivity contribution in [2.24, 2.45) is 0 Å². The molecule has 10 heteroatoms. The first kappa shape index (κ1) is 34.3. The Hall–Kier alpha value is -0.350. The van der Waals surface area contributed by atoms with E-state index < -0.39 is 30.9 Å². The summed E-state index contributed by atoms with van der Waals surface area (Å²) < 4.78 is 5.72. The number of halogens is 1. The van der Waals surface area contributed by atoms with Crippen molar-refractivity contribution in [1.82, 2.24) is 5.32 Å². The molecule has 0 heterocycles. The van der Waals surface area contributed by atoms with Crippen molar-refractivity contribution in [3.63, 3.8) is 0 Å². The molecule has 2 N–H and O–H groups in total. The van der Waals surface area contributed by atoms with Crippen molar-refractivity contribution < 1.29 is 88.8 Å². The second-order valence-corrected chi connectivity index (χ2v) is 6.25. The Labute approximate surface area is 227 Å². The van der Waals surface area contributed by atoms with Crippen LogP contribution in [-0.4, -0.2) is 42.3 Å². The molecule has 2 aromatic rings. The van der Waals surface area contributed by atoms with E-state index in [1.54, 1.807) is 0 Å². The summed E-state index contributed by atoms with van der Waals surface area (Å²) in [4.78, 5) is 19.0. The molecule has 2 rings (SSSR count). The summed E-state index contributed by atoms with van der Waals surface area (Å²) in [5, 5.41) is 34.3. The van der Waals surface area contributed by atoms with Crippen LogP contribution < -0.4 is 79.4 Å². The molecule has 0 fully saturated rings. The standard InChI is InChI=1S/C16H21NO2.C4H6O4.ClH.2Na/c1-12(2)17-10-14(18)11-19-16-9-5-7-13-6-3-4-8-15(13)16;5-3(6)1-2-4(7)8;;;/h3-9,12,14,17-18H,10-11H2,1-2H3;1-2H2,(H,5,6)(H,7,8);1H;;/q;;;2*+1/p-2. The van der Waals surface area contributed by atoms with E-state index >= 15 is 0 Å². The molecule has 0 saturated carbocycles. The molecule has 1 unspecified atom stereocenters. The zero-order valence-electron chi connectivity index (χ0n) is 17.9. The Bertz CT molecular complexity index is 729. The minimum absolute atomic E-state index is 0. The summed E-state index contributed by atoms with van der Waals surface area (Å²) in [6.45, 7) is 4.95. The zero-order valence-corrected chi connectivity index (χ0v) is 22.7. The number of aliphatic hydroxyl groups excluding tert-OH is 1. The Morgan fingerprint density at radius 1 is 1.00 bits per heavy atom. The van der Waals surface area contributed by atoms with Crippen LogP contribution in [0.2, 0.25) is 0 Å². The maximum Gasteiger partial charge on any atom is 1.00 e. The van der Waals surface area contributed by atoms with E-state index in [0.717, 1.165) is 16.5 Å². The Balaban J connectivity index is -0.000000577. The number of carboxylic acid groups (broad SMARTS) is 2. The average Bonchev–Trinajstić information content (AvgIpc) is 2.63. The normalized spacial score (nSPS) is 10.4. The Morgan fingerprint density at radius 2 is 1.53 bits per heavy atom. The van der Waals surface area contributed by atoms with Gasteiger partial charge in [0.2, 0.25) is 0 Å². The van der Waals surface area contributed by atoms with Gasteiger partial charge in [0.05, 0.1) is 0 Å². The molecule has 7 nitrogen and oxygen atoms in total. The molecule has 156 valence electrons. The van der Waals surface area contributed by atoms with Gasteiger partial charge in [-0.25, -0.2) is 0 Å². The van der Waals surface area contributed by atoms with E-state index in [4.69, 9.17) is 4.74 Å². The van der Waals surface area contributed by atoms with Crippen molar-refractivity contribution in [2.45, 2.75) is 38.8 Å². The summed E-state index contributed by atoms with van der Waals surface area (Å²) >= 11 is 0. The van der Waals surface area contributed by atoms with E-state index in [2.05, 4.69) is 31.3 Å². The Morgan fingerprint density at radius 3 is 2.07 bits per heavy atom. The van der Waals surface area contributed by atoms with E-state index in [1.165, 1.54) is 0 Å². The number of rotatable bonds is 9. The number of aliphatic carboxylic acids is 2. The van der Waals surface area contributed by atoms with Gasteiger partial charge in [-0.2, -0.15) is 0 Å². The predicted octanol–water partition coefficient (Wildman–Crippen LogP) is -5.73. The van der Waals surface area contributed by atoms with Gasteiger partial charge >= 0.3 is 59.1 Å². The molecule has 0 amide bonds. The molecular weight excluding hydrogens is 432 g/mol. The first-order valence-electron chi connectivity index (χ1n) is 8.71. The van der Waals surface area contributed by atoms with Gasteiger partial charge in [-0.3, -0.25) is 0 Å². The van der Waals surface area contributed by atoms with Crippen LogP contribution in [0.1, 0.15) is 26.7 Å². The van der Waals surface area contributed by atoms with E-state index in [9.17, 15) is 24.9 Å². The summed E-state index contributed by atoms with van der Waals surface area (Å²) in [7, 11) is 0. The number of fused-ring (bicyclic) bond motifs is 1. The maximum atomic E-state index is 9.84. The molecule has 0 radical (unpaired) electrons. The van der Waals surface area contributed by atoms with Gasteiger partial charge < -0.3 is 35.0 Å². The minimum Gasteiger partial charge on any atom is -0.550 e. The quantitative estimate of drug-likeness (QED) is 0.360. The molecule has 0 spiro atoms. The topological polar surface area (TPSA) is 122 Å². The van der Waals surface area contributed by atoms with Crippen LogP contribution >= 0.6 is 12.4 Å². The maximum absolute atomic E-state index is 9.84. The number of ether oxygens (including phenoxy) is 1. The third-order valence-corrected chi connectivity index (χ3v) is 3.48. The molecule has 0 aliphatic carbocycles. The van der Waals surface area contributed by atoms with Crippen molar-refractivity contribution in [3.05, 3.63) is 42.5 Å². The molecule has 0 aliphatic rings. The van der Waals surface area contributed by atoms with Crippen LogP contribution in [0.15, 0.2) is 42.5 Å². The molecular formula is C20H26ClNNa2O6. The first-order valence-corrected chi connectivity index (χ1v) is 8.71. The third-order valence-electron chi connectivity index (χ3n) is 3.48. The van der Waals surface area contributed by atoms with Gasteiger partial charge in [0.15, 0.2) is 0 Å². The molecule has 1 atom stereocenters. The fraction of sp³-hybridized carbons (Fsp3) is 0.400. The van der Waals surface area contributed by atoms with Crippen LogP contribution in [0.3, 0.4) is 0 Å². The fourth-order valence-electron chi connectivity index (χ4n) is 2.14. The number of hydrogen-bond donors (Lipinski definition) is 2. The van der Waals surface area contributed by atoms with E-state index in [1.807, 2.05) is 30.3 Å². The van der Waals surface area contributed by atoms with E-state index in [0.29, 0.717) is 19.2 Å². The molecule has 0 aliphatic heterocycles. The van der Waals surface area contributed by atoms with Crippen LogP contribution in [0.4, 0.5) is 0 Å². The summed E-state index contributed by atoms with van der Waals surface area (Å²) in [6, 6.07) is 14.4. The number of carbonyl (C=O) groups excluding carboxylic acids is 2. The summed E-state index contributed by atoms with van der Waals surface area (Å²) in [6.07, 6.45) is -1.44. The fourth-order valence-corrected chi connectivity index (χ4v) is 2.14. The Kier molecular flexibility index (Phi) is 22.1. The molecule has 30 heavy (non-hydrogen) atoms. The number of nitrogens with one attached hydrogen (secondary N) is 1. The average molecular weight is 458 g/mol. The molecule has 2 aromatic carbocycles. The van der Waals surface area contributed by atoms with Gasteiger partial charge in [-0.15, -0.1) is 12.4 Å². The number of benzene rings is 2. The summed E-state index contributed by atoms with van der Waals surface area (Å²) in [5.74, 6) is -1.91. The third kappa shape index (κ3) is 15.5. The number of carbonyl (C=O) groups is 2. The van der Waals surface area contributed by atoms with Crippen molar-refractivity contribution >= 4 is 35.1 Å². The smallest absolute Gasteiger partial charge is 0.550 e. The van der Waals surface area contributed by atoms with Gasteiger partial charge in [0, 0.05) is 29.9 Å². The van der Waals surface area contributed by atoms with Crippen molar-refractivity contribution in [3.8, 4) is 5.75 Å². The SMILES string of the molecule is CC(C)NCC(O)COc1cccc2ccccc12.Cl.O=C([O-])CCC(=O)[O-].[Na+].[Na+]. The minimum atomic E-state index is -1.37. The predicted molar refractivity (Wildman–Crippen MR) is 105 cm³/mol. The molecule has 0 saturated heterocycles. The number of carboxylic acids is 2. The van der Waals surface area contributed by atoms with Gasteiger partial charge in [-0.05, 0) is 24.3 Å². The van der Waals surface area contributed by atoms with Crippen LogP contribution in [0, 0.1) is 0 Å². The van der Waals surface area contributed by atoms with E-state index in [-0.39, 0.29) is 71.5 Å². The van der Waals surface area contributed by atoms with Crippen molar-refractivity contribution in [2.75, 3.05) is 13.2 Å². The summed E-state index contributed by atoms with van der Waals surface area (Å²) in [5.41, 5.74) is 0. The van der Waals surface area contributed by atoms with Crippen LogP contribution in [-0.2, 0) is 9.59 Å². The van der Waals surface area contributed by atoms with Crippen LogP contribution in [0.25, 0.3) is 10.8 Å². The first-order chi connectivity index (χ1) is 12.8. The molecule has 0 aromatic heterocycles. The second kappa shape index (κ2) is 19.3. The number of hydrogen-bond acceptors (Lipinski definition) is 7. The second-order valence-electron chi connectivity index (χ2n) is 6.25. The largest absolute Gasteiger partial charge is 1.00 e. The zero-order chi connectivity index (χ0) is 20.2. The van der Waals surface area contributed by atoms with Gasteiger partial charge in [0.1, 0.15) is 18.5 Å². The monoisotopic (exact) mass is 457 g/mol. The number of aliphatic hydroxyl groups is 1. The molecule has 0 bridgehead atoms. The van der Waals surface area contributed by atoms with Crippen molar-refractivity contribution in [1.29, 1.82) is 0 Å².